The summed E-state index contributed by atoms with van der Waals surface area (Å²) in [7, 11) is -1.94. The van der Waals surface area contributed by atoms with Gasteiger partial charge >= 0.3 is 0 Å². The van der Waals surface area contributed by atoms with Crippen LogP contribution in [0.25, 0.3) is 0 Å². The highest BCUT2D eigenvalue weighted by Crippen LogP contribution is 2.14. The molecule has 1 N–H and O–H groups in total. The van der Waals surface area contributed by atoms with Crippen LogP contribution in [0.4, 0.5) is 0 Å². The van der Waals surface area contributed by atoms with Gasteiger partial charge in [-0.15, -0.1) is 12.3 Å². The van der Waals surface area contributed by atoms with Crippen molar-refractivity contribution >= 4 is 10.0 Å². The maximum absolute atomic E-state index is 11.7. The first-order chi connectivity index (χ1) is 7.60. The lowest BCUT2D eigenvalue weighted by molar-refractivity contribution is 0.414. The third kappa shape index (κ3) is 3.26. The number of ether oxygens (including phenoxy) is 1. The van der Waals surface area contributed by atoms with Gasteiger partial charge < -0.3 is 4.74 Å². The average Bonchev–Trinajstić information content (AvgIpc) is 2.29. The normalized spacial score (nSPS) is 10.8. The fourth-order valence-electron chi connectivity index (χ4n) is 1.10. The van der Waals surface area contributed by atoms with Gasteiger partial charge in [-0.1, -0.05) is 0 Å². The van der Waals surface area contributed by atoms with Crippen molar-refractivity contribution in [3.8, 4) is 18.1 Å². The van der Waals surface area contributed by atoms with Crippen molar-refractivity contribution < 1.29 is 13.2 Å². The van der Waals surface area contributed by atoms with Gasteiger partial charge in [0.05, 0.1) is 12.0 Å². The number of benzene rings is 1. The van der Waals surface area contributed by atoms with Crippen LogP contribution in [0.2, 0.25) is 0 Å². The topological polar surface area (TPSA) is 55.4 Å². The molecule has 1 aromatic rings. The van der Waals surface area contributed by atoms with Crippen LogP contribution in [-0.2, 0) is 10.0 Å². The van der Waals surface area contributed by atoms with Gasteiger partial charge in [-0.2, -0.15) is 0 Å². The molecule has 0 radical (unpaired) electrons. The van der Waals surface area contributed by atoms with E-state index in [1.807, 2.05) is 0 Å². The largest absolute Gasteiger partial charge is 0.497 e. The van der Waals surface area contributed by atoms with Gasteiger partial charge in [0.1, 0.15) is 5.75 Å². The maximum atomic E-state index is 11.7. The predicted molar refractivity (Wildman–Crippen MR) is 61.6 cm³/mol. The zero-order valence-corrected chi connectivity index (χ0v) is 9.75. The summed E-state index contributed by atoms with van der Waals surface area (Å²) >= 11 is 0. The van der Waals surface area contributed by atoms with Crippen LogP contribution >= 0.6 is 0 Å². The molecule has 0 aromatic heterocycles. The van der Waals surface area contributed by atoms with Crippen LogP contribution in [0.3, 0.4) is 0 Å². The van der Waals surface area contributed by atoms with Gasteiger partial charge in [0.15, 0.2) is 0 Å². The molecule has 0 heterocycles. The van der Waals surface area contributed by atoms with Crippen LogP contribution in [0.15, 0.2) is 29.2 Å². The van der Waals surface area contributed by atoms with Crippen molar-refractivity contribution in [2.45, 2.75) is 11.3 Å². The quantitative estimate of drug-likeness (QED) is 0.616. The van der Waals surface area contributed by atoms with Crippen molar-refractivity contribution in [1.82, 2.24) is 4.72 Å². The fourth-order valence-corrected chi connectivity index (χ4v) is 2.13. The zero-order chi connectivity index (χ0) is 12.0. The SMILES string of the molecule is C#CCCNS(=O)(=O)c1ccc(OC)cc1. The van der Waals surface area contributed by atoms with E-state index >= 15 is 0 Å². The molecular weight excluding hydrogens is 226 g/mol. The van der Waals surface area contributed by atoms with Crippen LogP contribution in [0.5, 0.6) is 5.75 Å². The van der Waals surface area contributed by atoms with E-state index in [-0.39, 0.29) is 11.4 Å². The van der Waals surface area contributed by atoms with E-state index in [4.69, 9.17) is 11.2 Å². The second kappa shape index (κ2) is 5.54. The number of rotatable bonds is 5. The minimum absolute atomic E-state index is 0.199. The molecule has 86 valence electrons. The Hall–Kier alpha value is -1.51. The number of nitrogens with one attached hydrogen (secondary N) is 1. The molecule has 0 spiro atoms. The highest BCUT2D eigenvalue weighted by atomic mass is 32.2. The van der Waals surface area contributed by atoms with Gasteiger partial charge in [0.25, 0.3) is 0 Å². The minimum Gasteiger partial charge on any atom is -0.497 e. The number of terminal acetylenes is 1. The van der Waals surface area contributed by atoms with Crippen LogP contribution in [-0.4, -0.2) is 22.1 Å². The molecule has 1 rings (SSSR count). The summed E-state index contributed by atoms with van der Waals surface area (Å²) in [5.74, 6) is 2.98. The molecule has 0 saturated carbocycles. The second-order valence-electron chi connectivity index (χ2n) is 3.03. The van der Waals surface area contributed by atoms with E-state index in [9.17, 15) is 8.42 Å². The van der Waals surface area contributed by atoms with E-state index in [1.165, 1.54) is 19.2 Å². The van der Waals surface area contributed by atoms with Crippen molar-refractivity contribution in [3.63, 3.8) is 0 Å². The maximum Gasteiger partial charge on any atom is 0.240 e. The number of hydrogen-bond acceptors (Lipinski definition) is 3. The van der Waals surface area contributed by atoms with Crippen molar-refractivity contribution in [3.05, 3.63) is 24.3 Å². The number of methoxy groups -OCH3 is 1. The molecule has 0 aliphatic carbocycles. The molecule has 16 heavy (non-hydrogen) atoms. The van der Waals surface area contributed by atoms with Gasteiger partial charge in [-0.05, 0) is 24.3 Å². The lowest BCUT2D eigenvalue weighted by atomic mass is 10.3. The molecule has 0 unspecified atom stereocenters. The van der Waals surface area contributed by atoms with E-state index in [1.54, 1.807) is 12.1 Å². The Kier molecular flexibility index (Phi) is 4.35. The molecule has 5 heteroatoms. The summed E-state index contributed by atoms with van der Waals surface area (Å²) in [5.41, 5.74) is 0. The summed E-state index contributed by atoms with van der Waals surface area (Å²) in [6.07, 6.45) is 5.40. The lowest BCUT2D eigenvalue weighted by Gasteiger charge is -2.05. The first-order valence-electron chi connectivity index (χ1n) is 4.67. The predicted octanol–water partition coefficient (Wildman–Crippen LogP) is 0.997. The number of sulfonamides is 1. The first kappa shape index (κ1) is 12.6. The summed E-state index contributed by atoms with van der Waals surface area (Å²) in [6.45, 7) is 0.241. The Labute approximate surface area is 95.7 Å². The second-order valence-corrected chi connectivity index (χ2v) is 4.79. The van der Waals surface area contributed by atoms with Crippen LogP contribution in [0, 0.1) is 12.3 Å². The lowest BCUT2D eigenvalue weighted by Crippen LogP contribution is -2.24. The van der Waals surface area contributed by atoms with E-state index in [0.29, 0.717) is 12.2 Å². The van der Waals surface area contributed by atoms with E-state index in [2.05, 4.69) is 10.6 Å². The molecular formula is C11H13NO3S. The van der Waals surface area contributed by atoms with Gasteiger partial charge in [0, 0.05) is 13.0 Å². The van der Waals surface area contributed by atoms with E-state index in [0.717, 1.165) is 0 Å². The average molecular weight is 239 g/mol. The fraction of sp³-hybridized carbons (Fsp3) is 0.273. The van der Waals surface area contributed by atoms with E-state index < -0.39 is 10.0 Å². The third-order valence-corrected chi connectivity index (χ3v) is 3.41. The standard InChI is InChI=1S/C11H13NO3S/c1-3-4-9-12-16(13,14)11-7-5-10(15-2)6-8-11/h1,5-8,12H,4,9H2,2H3. The third-order valence-electron chi connectivity index (χ3n) is 1.93. The summed E-state index contributed by atoms with van der Waals surface area (Å²) in [5, 5.41) is 0. The monoisotopic (exact) mass is 239 g/mol. The molecule has 0 aliphatic heterocycles. The first-order valence-corrected chi connectivity index (χ1v) is 6.15. The molecule has 0 fully saturated rings. The minimum atomic E-state index is -3.46. The Balaban J connectivity index is 2.78. The Bertz CT molecular complexity index is 471. The van der Waals surface area contributed by atoms with Crippen molar-refractivity contribution in [2.24, 2.45) is 0 Å². The van der Waals surface area contributed by atoms with Crippen LogP contribution < -0.4 is 9.46 Å². The highest BCUT2D eigenvalue weighted by Gasteiger charge is 2.12. The molecule has 0 aliphatic rings. The Morgan fingerprint density at radius 2 is 2.00 bits per heavy atom. The van der Waals surface area contributed by atoms with Crippen molar-refractivity contribution in [1.29, 1.82) is 0 Å². The molecule has 4 nitrogen and oxygen atoms in total. The van der Waals surface area contributed by atoms with Gasteiger partial charge in [-0.25, -0.2) is 13.1 Å². The molecule has 1 aromatic carbocycles. The van der Waals surface area contributed by atoms with Crippen LogP contribution in [0.1, 0.15) is 6.42 Å². The Morgan fingerprint density at radius 3 is 2.50 bits per heavy atom. The smallest absolute Gasteiger partial charge is 0.240 e. The van der Waals surface area contributed by atoms with Gasteiger partial charge in [0.2, 0.25) is 10.0 Å². The molecule has 0 atom stereocenters. The summed E-state index contributed by atoms with van der Waals surface area (Å²) in [4.78, 5) is 0.199. The highest BCUT2D eigenvalue weighted by molar-refractivity contribution is 7.89. The zero-order valence-electron chi connectivity index (χ0n) is 8.93. The molecule has 0 amide bonds. The molecule has 0 bridgehead atoms. The Morgan fingerprint density at radius 1 is 1.38 bits per heavy atom. The van der Waals surface area contributed by atoms with Crippen molar-refractivity contribution in [2.75, 3.05) is 13.7 Å². The summed E-state index contributed by atoms with van der Waals surface area (Å²) in [6, 6.07) is 6.15. The number of hydrogen-bond donors (Lipinski definition) is 1. The summed E-state index contributed by atoms with van der Waals surface area (Å²) < 4.78 is 30.7. The van der Waals surface area contributed by atoms with Gasteiger partial charge in [-0.3, -0.25) is 0 Å². The molecule has 0 saturated heterocycles.